The number of rotatable bonds is 20. The summed E-state index contributed by atoms with van der Waals surface area (Å²) in [5, 5.41) is 9.49. The number of aliphatic hydroxyl groups excluding tert-OH is 1. The second kappa shape index (κ2) is 20.5. The third-order valence-corrected chi connectivity index (χ3v) is 5.16. The predicted molar refractivity (Wildman–Crippen MR) is 115 cm³/mol. The number of allylic oxidation sites excluding steroid dienone is 2. The zero-order valence-electron chi connectivity index (χ0n) is 17.9. The van der Waals surface area contributed by atoms with E-state index in [1.54, 1.807) is 0 Å². The molecule has 0 saturated heterocycles. The topological polar surface area (TPSA) is 37.3 Å². The van der Waals surface area contributed by atoms with Crippen LogP contribution in [0.1, 0.15) is 136 Å². The van der Waals surface area contributed by atoms with Crippen LogP contribution in [0, 0.1) is 0 Å². The standard InChI is InChI=1S/C24H46O2/c1-3-4-5-6-7-8-9-10-11-12-13-14-15-16-17-18-19-20-21-24(26)22-23(2)25/h22,26H,3-21H2,1-2H3/b24-22-. The largest absolute Gasteiger partial charge is 0.512 e. The van der Waals surface area contributed by atoms with Crippen LogP contribution >= 0.6 is 0 Å². The molecule has 2 nitrogen and oxygen atoms in total. The van der Waals surface area contributed by atoms with E-state index in [-0.39, 0.29) is 11.5 Å². The fourth-order valence-electron chi connectivity index (χ4n) is 3.51. The van der Waals surface area contributed by atoms with E-state index in [1.807, 2.05) is 0 Å². The highest BCUT2D eigenvalue weighted by Crippen LogP contribution is 2.15. The number of hydrogen-bond acceptors (Lipinski definition) is 2. The average Bonchev–Trinajstić information content (AvgIpc) is 2.60. The van der Waals surface area contributed by atoms with Crippen molar-refractivity contribution in [2.75, 3.05) is 0 Å². The molecule has 0 atom stereocenters. The number of carbonyl (C=O) groups is 1. The molecular formula is C24H46O2. The van der Waals surface area contributed by atoms with Crippen molar-refractivity contribution in [1.29, 1.82) is 0 Å². The lowest BCUT2D eigenvalue weighted by molar-refractivity contribution is -0.112. The smallest absolute Gasteiger partial charge is 0.155 e. The molecule has 0 rings (SSSR count). The molecule has 0 amide bonds. The van der Waals surface area contributed by atoms with Gasteiger partial charge in [-0.25, -0.2) is 0 Å². The molecule has 0 aromatic carbocycles. The Hall–Kier alpha value is -0.790. The monoisotopic (exact) mass is 366 g/mol. The van der Waals surface area contributed by atoms with Gasteiger partial charge in [0.2, 0.25) is 0 Å². The molecular weight excluding hydrogens is 320 g/mol. The van der Waals surface area contributed by atoms with E-state index in [0.29, 0.717) is 6.42 Å². The number of ketones is 1. The zero-order valence-corrected chi connectivity index (χ0v) is 17.9. The first-order chi connectivity index (χ1) is 12.7. The van der Waals surface area contributed by atoms with Gasteiger partial charge >= 0.3 is 0 Å². The summed E-state index contributed by atoms with van der Waals surface area (Å²) >= 11 is 0. The maximum atomic E-state index is 10.8. The van der Waals surface area contributed by atoms with Crippen LogP contribution in [-0.2, 0) is 4.79 Å². The van der Waals surface area contributed by atoms with Crippen molar-refractivity contribution < 1.29 is 9.90 Å². The number of hydrogen-bond donors (Lipinski definition) is 1. The van der Waals surface area contributed by atoms with Gasteiger partial charge in [-0.2, -0.15) is 0 Å². The molecule has 0 bridgehead atoms. The maximum Gasteiger partial charge on any atom is 0.155 e. The minimum atomic E-state index is -0.0649. The summed E-state index contributed by atoms with van der Waals surface area (Å²) in [5.74, 6) is 0.180. The molecule has 2 heteroatoms. The van der Waals surface area contributed by atoms with E-state index in [2.05, 4.69) is 6.92 Å². The third kappa shape index (κ3) is 21.3. The maximum absolute atomic E-state index is 10.8. The highest BCUT2D eigenvalue weighted by atomic mass is 16.3. The number of aliphatic hydroxyl groups is 1. The van der Waals surface area contributed by atoms with Crippen molar-refractivity contribution >= 4 is 5.78 Å². The summed E-state index contributed by atoms with van der Waals surface area (Å²) in [5.41, 5.74) is 0. The van der Waals surface area contributed by atoms with Crippen molar-refractivity contribution in [2.45, 2.75) is 136 Å². The first-order valence-electron chi connectivity index (χ1n) is 11.6. The van der Waals surface area contributed by atoms with Gasteiger partial charge in [0.05, 0.1) is 5.76 Å². The molecule has 0 heterocycles. The van der Waals surface area contributed by atoms with Crippen molar-refractivity contribution in [3.05, 3.63) is 11.8 Å². The first kappa shape index (κ1) is 25.2. The Morgan fingerprint density at radius 2 is 0.923 bits per heavy atom. The van der Waals surface area contributed by atoms with Crippen LogP contribution in [0.3, 0.4) is 0 Å². The molecule has 0 saturated carbocycles. The second-order valence-electron chi connectivity index (χ2n) is 8.01. The van der Waals surface area contributed by atoms with Crippen LogP contribution in [-0.4, -0.2) is 10.9 Å². The van der Waals surface area contributed by atoms with E-state index in [0.717, 1.165) is 12.8 Å². The van der Waals surface area contributed by atoms with Crippen molar-refractivity contribution in [1.82, 2.24) is 0 Å². The first-order valence-corrected chi connectivity index (χ1v) is 11.6. The Morgan fingerprint density at radius 3 is 1.23 bits per heavy atom. The van der Waals surface area contributed by atoms with E-state index in [4.69, 9.17) is 0 Å². The van der Waals surface area contributed by atoms with E-state index in [1.165, 1.54) is 116 Å². The zero-order chi connectivity index (χ0) is 19.3. The molecule has 0 aliphatic carbocycles. The fraction of sp³-hybridized carbons (Fsp3) is 0.875. The molecule has 0 spiro atoms. The summed E-state index contributed by atoms with van der Waals surface area (Å²) in [6.07, 6.45) is 26.6. The molecule has 0 aliphatic rings. The van der Waals surface area contributed by atoms with Gasteiger partial charge in [0.1, 0.15) is 0 Å². The van der Waals surface area contributed by atoms with Crippen LogP contribution in [0.5, 0.6) is 0 Å². The van der Waals surface area contributed by atoms with Gasteiger partial charge < -0.3 is 5.11 Å². The van der Waals surface area contributed by atoms with Gasteiger partial charge in [0.25, 0.3) is 0 Å². The van der Waals surface area contributed by atoms with Gasteiger partial charge in [-0.3, -0.25) is 4.79 Å². The summed E-state index contributed by atoms with van der Waals surface area (Å²) in [4.78, 5) is 10.8. The van der Waals surface area contributed by atoms with Gasteiger partial charge in [-0.05, 0) is 13.3 Å². The lowest BCUT2D eigenvalue weighted by Gasteiger charge is -2.04. The Labute approximate surface area is 163 Å². The summed E-state index contributed by atoms with van der Waals surface area (Å²) in [6.45, 7) is 3.76. The average molecular weight is 367 g/mol. The summed E-state index contributed by atoms with van der Waals surface area (Å²) in [6, 6.07) is 0. The van der Waals surface area contributed by atoms with E-state index in [9.17, 15) is 9.90 Å². The number of carbonyl (C=O) groups excluding carboxylic acids is 1. The highest BCUT2D eigenvalue weighted by Gasteiger charge is 1.97. The van der Waals surface area contributed by atoms with Crippen LogP contribution in [0.2, 0.25) is 0 Å². The SMILES string of the molecule is CCCCCCCCCCCCCCCCCCCC/C(O)=C/C(C)=O. The summed E-state index contributed by atoms with van der Waals surface area (Å²) in [7, 11) is 0. The Balaban J connectivity index is 3.10. The predicted octanol–water partition coefficient (Wildman–Crippen LogP) is 8.45. The molecule has 1 N–H and O–H groups in total. The lowest BCUT2D eigenvalue weighted by atomic mass is 10.0. The minimum absolute atomic E-state index is 0.0649. The molecule has 0 radical (unpaired) electrons. The van der Waals surface area contributed by atoms with Gasteiger partial charge in [0.15, 0.2) is 5.78 Å². The molecule has 0 aromatic rings. The fourth-order valence-corrected chi connectivity index (χ4v) is 3.51. The van der Waals surface area contributed by atoms with Gasteiger partial charge in [0, 0.05) is 12.5 Å². The highest BCUT2D eigenvalue weighted by molar-refractivity contribution is 5.87. The Kier molecular flexibility index (Phi) is 19.9. The normalized spacial score (nSPS) is 11.8. The molecule has 0 fully saturated rings. The summed E-state index contributed by atoms with van der Waals surface area (Å²) < 4.78 is 0. The number of unbranched alkanes of at least 4 members (excludes halogenated alkanes) is 17. The van der Waals surface area contributed by atoms with Crippen LogP contribution in [0.25, 0.3) is 0 Å². The Morgan fingerprint density at radius 1 is 0.615 bits per heavy atom. The van der Waals surface area contributed by atoms with E-state index >= 15 is 0 Å². The quantitative estimate of drug-likeness (QED) is 0.133. The molecule has 26 heavy (non-hydrogen) atoms. The van der Waals surface area contributed by atoms with E-state index < -0.39 is 0 Å². The van der Waals surface area contributed by atoms with Crippen LogP contribution in [0.4, 0.5) is 0 Å². The Bertz CT molecular complexity index is 333. The van der Waals surface area contributed by atoms with Gasteiger partial charge in [-0.15, -0.1) is 0 Å². The van der Waals surface area contributed by atoms with Crippen molar-refractivity contribution in [3.8, 4) is 0 Å². The van der Waals surface area contributed by atoms with Crippen LogP contribution < -0.4 is 0 Å². The van der Waals surface area contributed by atoms with Crippen molar-refractivity contribution in [2.24, 2.45) is 0 Å². The molecule has 0 aliphatic heterocycles. The van der Waals surface area contributed by atoms with Crippen LogP contribution in [0.15, 0.2) is 11.8 Å². The second-order valence-corrected chi connectivity index (χ2v) is 8.01. The third-order valence-electron chi connectivity index (χ3n) is 5.16. The lowest BCUT2D eigenvalue weighted by Crippen LogP contribution is -1.89. The van der Waals surface area contributed by atoms with Gasteiger partial charge in [-0.1, -0.05) is 116 Å². The molecule has 0 unspecified atom stereocenters. The van der Waals surface area contributed by atoms with Crippen molar-refractivity contribution in [3.63, 3.8) is 0 Å². The minimum Gasteiger partial charge on any atom is -0.512 e. The molecule has 0 aromatic heterocycles. The molecule has 154 valence electrons.